The number of pyridine rings is 1. The number of carbonyl (C=O) groups is 1. The van der Waals surface area contributed by atoms with Crippen molar-refractivity contribution in [3.8, 4) is 0 Å². The maximum Gasteiger partial charge on any atom is 0.219 e. The highest BCUT2D eigenvalue weighted by atomic mass is 16.2. The Balaban J connectivity index is 2.08. The minimum absolute atomic E-state index is 0.0353. The molecule has 19 heavy (non-hydrogen) atoms. The highest BCUT2D eigenvalue weighted by Crippen LogP contribution is 2.24. The molecule has 1 aliphatic heterocycles. The predicted molar refractivity (Wildman–Crippen MR) is 74.5 cm³/mol. The second-order valence-electron chi connectivity index (χ2n) is 5.13. The fourth-order valence-corrected chi connectivity index (χ4v) is 2.71. The molecule has 0 radical (unpaired) electrons. The molecule has 2 heterocycles. The quantitative estimate of drug-likeness (QED) is 0.868. The molecule has 0 aliphatic carbocycles. The molecule has 0 saturated carbocycles. The molecular weight excluding hydrogens is 240 g/mol. The number of hydrogen-bond donors (Lipinski definition) is 1. The molecule has 5 heteroatoms. The van der Waals surface area contributed by atoms with Gasteiger partial charge in [-0.1, -0.05) is 6.07 Å². The molecule has 0 spiro atoms. The summed E-state index contributed by atoms with van der Waals surface area (Å²) in [7, 11) is 0. The molecule has 1 amide bonds. The van der Waals surface area contributed by atoms with Crippen molar-refractivity contribution in [1.82, 2.24) is 14.8 Å². The third kappa shape index (κ3) is 3.30. The number of rotatable bonds is 3. The molecule has 0 bridgehead atoms. The van der Waals surface area contributed by atoms with Crippen LogP contribution in [0.15, 0.2) is 24.5 Å². The molecule has 104 valence electrons. The summed E-state index contributed by atoms with van der Waals surface area (Å²) >= 11 is 0. The molecule has 1 aromatic heterocycles. The number of aromatic nitrogens is 1. The van der Waals surface area contributed by atoms with Crippen LogP contribution in [0.25, 0.3) is 0 Å². The van der Waals surface area contributed by atoms with Gasteiger partial charge in [0.2, 0.25) is 5.91 Å². The highest BCUT2D eigenvalue weighted by Gasteiger charge is 2.28. The van der Waals surface area contributed by atoms with Crippen molar-refractivity contribution in [3.63, 3.8) is 0 Å². The first-order valence-electron chi connectivity index (χ1n) is 6.74. The van der Waals surface area contributed by atoms with Gasteiger partial charge in [-0.15, -0.1) is 0 Å². The van der Waals surface area contributed by atoms with Crippen LogP contribution in [0.1, 0.15) is 25.5 Å². The summed E-state index contributed by atoms with van der Waals surface area (Å²) in [5, 5.41) is 0. The van der Waals surface area contributed by atoms with Crippen molar-refractivity contribution in [1.29, 1.82) is 0 Å². The predicted octanol–water partition coefficient (Wildman–Crippen LogP) is 0.634. The molecule has 2 atom stereocenters. The Bertz CT molecular complexity index is 413. The molecular formula is C14H22N4O. The van der Waals surface area contributed by atoms with E-state index in [4.69, 9.17) is 5.73 Å². The van der Waals surface area contributed by atoms with Gasteiger partial charge >= 0.3 is 0 Å². The van der Waals surface area contributed by atoms with Crippen LogP contribution in [0.3, 0.4) is 0 Å². The van der Waals surface area contributed by atoms with Crippen LogP contribution in [-0.2, 0) is 4.79 Å². The Morgan fingerprint density at radius 2 is 2.05 bits per heavy atom. The number of piperazine rings is 1. The zero-order chi connectivity index (χ0) is 13.8. The van der Waals surface area contributed by atoms with Gasteiger partial charge in [-0.3, -0.25) is 14.7 Å². The van der Waals surface area contributed by atoms with Crippen molar-refractivity contribution >= 4 is 5.91 Å². The zero-order valence-corrected chi connectivity index (χ0v) is 11.6. The zero-order valence-electron chi connectivity index (χ0n) is 11.6. The molecule has 1 aliphatic rings. The summed E-state index contributed by atoms with van der Waals surface area (Å²) in [5.41, 5.74) is 7.29. The van der Waals surface area contributed by atoms with Gasteiger partial charge in [-0.05, 0) is 18.6 Å². The molecule has 2 unspecified atom stereocenters. The van der Waals surface area contributed by atoms with E-state index in [1.165, 1.54) is 0 Å². The number of carbonyl (C=O) groups excluding carboxylic acids is 1. The average Bonchev–Trinajstić information content (AvgIpc) is 2.40. The first-order valence-corrected chi connectivity index (χ1v) is 6.74. The van der Waals surface area contributed by atoms with E-state index >= 15 is 0 Å². The number of amides is 1. The summed E-state index contributed by atoms with van der Waals surface area (Å²) in [6.07, 6.45) is 3.65. The SMILES string of the molecule is CC(=O)N1CCN(C(c2cccnc2)C(C)N)CC1. The Hall–Kier alpha value is -1.46. The van der Waals surface area contributed by atoms with E-state index in [-0.39, 0.29) is 18.0 Å². The summed E-state index contributed by atoms with van der Waals surface area (Å²) in [6, 6.07) is 4.21. The third-order valence-corrected chi connectivity index (χ3v) is 3.68. The van der Waals surface area contributed by atoms with E-state index in [1.54, 1.807) is 13.1 Å². The largest absolute Gasteiger partial charge is 0.340 e. The van der Waals surface area contributed by atoms with Gasteiger partial charge in [0, 0.05) is 51.5 Å². The van der Waals surface area contributed by atoms with Gasteiger partial charge in [0.25, 0.3) is 0 Å². The maximum absolute atomic E-state index is 11.4. The van der Waals surface area contributed by atoms with Crippen molar-refractivity contribution in [2.45, 2.75) is 25.9 Å². The maximum atomic E-state index is 11.4. The van der Waals surface area contributed by atoms with Crippen LogP contribution in [0.5, 0.6) is 0 Å². The minimum atomic E-state index is 0.0353. The van der Waals surface area contributed by atoms with Crippen molar-refractivity contribution < 1.29 is 4.79 Å². The first kappa shape index (κ1) is 14.0. The Labute approximate surface area is 114 Å². The molecule has 2 rings (SSSR count). The van der Waals surface area contributed by atoms with E-state index in [0.29, 0.717) is 0 Å². The van der Waals surface area contributed by atoms with Gasteiger partial charge in [0.1, 0.15) is 0 Å². The van der Waals surface area contributed by atoms with Gasteiger partial charge in [-0.25, -0.2) is 0 Å². The van der Waals surface area contributed by atoms with Gasteiger partial charge in [-0.2, -0.15) is 0 Å². The summed E-state index contributed by atoms with van der Waals surface area (Å²) in [4.78, 5) is 19.8. The van der Waals surface area contributed by atoms with Crippen LogP contribution in [0, 0.1) is 0 Å². The van der Waals surface area contributed by atoms with Crippen LogP contribution in [-0.4, -0.2) is 52.9 Å². The van der Waals surface area contributed by atoms with E-state index in [1.807, 2.05) is 24.1 Å². The van der Waals surface area contributed by atoms with Crippen molar-refractivity contribution in [2.24, 2.45) is 5.73 Å². The molecule has 1 saturated heterocycles. The number of nitrogens with zero attached hydrogens (tertiary/aromatic N) is 3. The lowest BCUT2D eigenvalue weighted by Crippen LogP contribution is -2.51. The summed E-state index contributed by atoms with van der Waals surface area (Å²) in [5.74, 6) is 0.151. The molecule has 1 fully saturated rings. The number of hydrogen-bond acceptors (Lipinski definition) is 4. The monoisotopic (exact) mass is 262 g/mol. The second-order valence-corrected chi connectivity index (χ2v) is 5.13. The Kier molecular flexibility index (Phi) is 4.50. The summed E-state index contributed by atoms with van der Waals surface area (Å²) in [6.45, 7) is 6.92. The minimum Gasteiger partial charge on any atom is -0.340 e. The van der Waals surface area contributed by atoms with E-state index in [2.05, 4.69) is 16.0 Å². The lowest BCUT2D eigenvalue weighted by atomic mass is 10.00. The lowest BCUT2D eigenvalue weighted by Gasteiger charge is -2.40. The summed E-state index contributed by atoms with van der Waals surface area (Å²) < 4.78 is 0. The fourth-order valence-electron chi connectivity index (χ4n) is 2.71. The van der Waals surface area contributed by atoms with E-state index in [0.717, 1.165) is 31.7 Å². The second kappa shape index (κ2) is 6.12. The average molecular weight is 262 g/mol. The Morgan fingerprint density at radius 3 is 2.53 bits per heavy atom. The molecule has 2 N–H and O–H groups in total. The van der Waals surface area contributed by atoms with Gasteiger partial charge in [0.15, 0.2) is 0 Å². The van der Waals surface area contributed by atoms with Crippen LogP contribution in [0.4, 0.5) is 0 Å². The molecule has 0 aromatic carbocycles. The van der Waals surface area contributed by atoms with Crippen molar-refractivity contribution in [3.05, 3.63) is 30.1 Å². The third-order valence-electron chi connectivity index (χ3n) is 3.68. The first-order chi connectivity index (χ1) is 9.09. The van der Waals surface area contributed by atoms with Crippen LogP contribution in [0.2, 0.25) is 0 Å². The van der Waals surface area contributed by atoms with Crippen LogP contribution < -0.4 is 5.73 Å². The van der Waals surface area contributed by atoms with E-state index in [9.17, 15) is 4.79 Å². The normalized spacial score (nSPS) is 20.1. The number of nitrogens with two attached hydrogens (primary N) is 1. The van der Waals surface area contributed by atoms with Crippen LogP contribution >= 0.6 is 0 Å². The van der Waals surface area contributed by atoms with E-state index < -0.39 is 0 Å². The van der Waals surface area contributed by atoms with Crippen molar-refractivity contribution in [2.75, 3.05) is 26.2 Å². The van der Waals surface area contributed by atoms with Gasteiger partial charge in [0.05, 0.1) is 6.04 Å². The smallest absolute Gasteiger partial charge is 0.219 e. The van der Waals surface area contributed by atoms with Gasteiger partial charge < -0.3 is 10.6 Å². The highest BCUT2D eigenvalue weighted by molar-refractivity contribution is 5.73. The lowest BCUT2D eigenvalue weighted by molar-refractivity contribution is -0.130. The topological polar surface area (TPSA) is 62.5 Å². The molecule has 5 nitrogen and oxygen atoms in total. The standard InChI is InChI=1S/C14H22N4O/c1-11(15)14(13-4-3-5-16-10-13)18-8-6-17(7-9-18)12(2)19/h3-5,10-11,14H,6-9,15H2,1-2H3. The Morgan fingerprint density at radius 1 is 1.37 bits per heavy atom. The fraction of sp³-hybridized carbons (Fsp3) is 0.571. The molecule has 1 aromatic rings.